The zero-order valence-corrected chi connectivity index (χ0v) is 20.6. The summed E-state index contributed by atoms with van der Waals surface area (Å²) in [6, 6.07) is 22.9. The summed E-state index contributed by atoms with van der Waals surface area (Å²) in [5, 5.41) is 23.4. The minimum Gasteiger partial charge on any atom is -0.618 e. The lowest BCUT2D eigenvalue weighted by molar-refractivity contribution is -0.614. The molecule has 5 rings (SSSR count). The molecule has 1 unspecified atom stereocenters. The lowest BCUT2D eigenvalue weighted by Crippen LogP contribution is -2.34. The Bertz CT molecular complexity index is 1650. The zero-order valence-electron chi connectivity index (χ0n) is 19.8. The number of hydrogen-bond donors (Lipinski definition) is 2. The topological polar surface area (TPSA) is 110 Å². The Kier molecular flexibility index (Phi) is 6.46. The van der Waals surface area contributed by atoms with Crippen LogP contribution in [0.3, 0.4) is 0 Å². The van der Waals surface area contributed by atoms with E-state index in [0.717, 1.165) is 10.3 Å². The number of nitrogens with one attached hydrogen (secondary N) is 1. The van der Waals surface area contributed by atoms with Crippen molar-refractivity contribution < 1.29 is 19.4 Å². The Labute approximate surface area is 217 Å². The lowest BCUT2D eigenvalue weighted by atomic mass is 9.93. The lowest BCUT2D eigenvalue weighted by Gasteiger charge is -2.16. The van der Waals surface area contributed by atoms with Crippen LogP contribution in [0.1, 0.15) is 50.6 Å². The maximum Gasteiger partial charge on any atom is 0.336 e. The molecule has 0 saturated carbocycles. The number of rotatable bonds is 7. The number of carbonyl (C=O) groups is 2. The monoisotopic (exact) mass is 511 g/mol. The largest absolute Gasteiger partial charge is 0.618 e. The molecule has 0 aliphatic carbocycles. The van der Waals surface area contributed by atoms with Crippen molar-refractivity contribution in [3.63, 3.8) is 0 Å². The number of imidazole rings is 1. The number of pyridine rings is 1. The number of halogens is 1. The van der Waals surface area contributed by atoms with Gasteiger partial charge in [0, 0.05) is 27.8 Å². The second kappa shape index (κ2) is 9.87. The van der Waals surface area contributed by atoms with Crippen LogP contribution < -0.4 is 4.73 Å². The number of carbonyl (C=O) groups excluding carboxylic acids is 1. The van der Waals surface area contributed by atoms with Gasteiger partial charge in [0.2, 0.25) is 5.69 Å². The summed E-state index contributed by atoms with van der Waals surface area (Å²) in [6.07, 6.45) is 1.86. The van der Waals surface area contributed by atoms with Crippen LogP contribution in [0.2, 0.25) is 5.02 Å². The van der Waals surface area contributed by atoms with Gasteiger partial charge in [-0.3, -0.25) is 4.79 Å². The van der Waals surface area contributed by atoms with Crippen LogP contribution in [0.4, 0.5) is 0 Å². The Morgan fingerprint density at radius 3 is 2.54 bits per heavy atom. The number of Topliss-reactive ketones (excluding diaryl/α,β-unsaturated/α-hetero) is 1. The van der Waals surface area contributed by atoms with Gasteiger partial charge in [0.15, 0.2) is 12.0 Å². The maximum atomic E-state index is 13.4. The van der Waals surface area contributed by atoms with Crippen LogP contribution in [0.15, 0.2) is 85.1 Å². The van der Waals surface area contributed by atoms with Crippen LogP contribution in [0.25, 0.3) is 22.2 Å². The third kappa shape index (κ3) is 4.94. The molecule has 1 atom stereocenters. The average Bonchev–Trinajstić information content (AvgIpc) is 3.31. The summed E-state index contributed by atoms with van der Waals surface area (Å²) < 4.78 is 0.754. The van der Waals surface area contributed by atoms with Gasteiger partial charge in [0.05, 0.1) is 16.6 Å². The minimum absolute atomic E-state index is 0.0476. The molecule has 2 heterocycles. The number of carboxylic acids is 1. The van der Waals surface area contributed by atoms with E-state index in [1.165, 1.54) is 31.3 Å². The second-order valence-electron chi connectivity index (χ2n) is 8.82. The molecule has 2 aromatic heterocycles. The van der Waals surface area contributed by atoms with Gasteiger partial charge < -0.3 is 15.3 Å². The Balaban J connectivity index is 1.61. The van der Waals surface area contributed by atoms with Gasteiger partial charge in [-0.05, 0) is 61.4 Å². The van der Waals surface area contributed by atoms with Gasteiger partial charge in [0.25, 0.3) is 0 Å². The first-order valence-electron chi connectivity index (χ1n) is 11.6. The highest BCUT2D eigenvalue weighted by atomic mass is 35.5. The Hall–Kier alpha value is -4.49. The van der Waals surface area contributed by atoms with Crippen molar-refractivity contribution in [1.82, 2.24) is 9.97 Å². The van der Waals surface area contributed by atoms with E-state index in [2.05, 4.69) is 4.98 Å². The minimum atomic E-state index is -1.11. The quantitative estimate of drug-likeness (QED) is 0.163. The van der Waals surface area contributed by atoms with Gasteiger partial charge in [-0.1, -0.05) is 41.9 Å². The van der Waals surface area contributed by atoms with Crippen LogP contribution in [-0.4, -0.2) is 26.8 Å². The molecule has 0 spiro atoms. The van der Waals surface area contributed by atoms with E-state index in [1.807, 2.05) is 30.3 Å². The molecule has 7 nitrogen and oxygen atoms in total. The van der Waals surface area contributed by atoms with Gasteiger partial charge in [0.1, 0.15) is 11.7 Å². The maximum absolute atomic E-state index is 13.4. The molecule has 8 heteroatoms. The molecule has 0 bridgehead atoms. The summed E-state index contributed by atoms with van der Waals surface area (Å²) in [4.78, 5) is 31.6. The Morgan fingerprint density at radius 2 is 1.84 bits per heavy atom. The van der Waals surface area contributed by atoms with Crippen LogP contribution in [0.5, 0.6) is 0 Å². The molecular weight excluding hydrogens is 490 g/mol. The number of fused-ring (bicyclic) bond motifs is 1. The fourth-order valence-corrected chi connectivity index (χ4v) is 4.64. The summed E-state index contributed by atoms with van der Waals surface area (Å²) in [5.74, 6) is -0.998. The molecule has 0 aliphatic rings. The fraction of sp³-hybridized carbons (Fsp3) is 0.103. The highest BCUT2D eigenvalue weighted by Gasteiger charge is 2.27. The number of nitrogens with zero attached hydrogens (tertiary/aromatic N) is 2. The number of aromatic carboxylic acids is 1. The fourth-order valence-electron chi connectivity index (χ4n) is 4.47. The van der Waals surface area contributed by atoms with E-state index < -0.39 is 11.9 Å². The number of aromatic nitrogens is 3. The van der Waals surface area contributed by atoms with E-state index in [1.54, 1.807) is 30.3 Å². The molecule has 0 aliphatic heterocycles. The van der Waals surface area contributed by atoms with Crippen molar-refractivity contribution >= 4 is 34.4 Å². The number of benzene rings is 3. The molecule has 37 heavy (non-hydrogen) atoms. The van der Waals surface area contributed by atoms with Crippen molar-refractivity contribution in [2.75, 3.05) is 0 Å². The summed E-state index contributed by atoms with van der Waals surface area (Å²) >= 11 is 6.12. The molecule has 0 radical (unpaired) electrons. The van der Waals surface area contributed by atoms with E-state index in [4.69, 9.17) is 16.6 Å². The molecule has 0 fully saturated rings. The van der Waals surface area contributed by atoms with Crippen molar-refractivity contribution in [2.24, 2.45) is 0 Å². The average molecular weight is 512 g/mol. The van der Waals surface area contributed by atoms with E-state index in [9.17, 15) is 19.9 Å². The van der Waals surface area contributed by atoms with Crippen LogP contribution >= 0.6 is 11.6 Å². The number of ketones is 1. The van der Waals surface area contributed by atoms with Crippen molar-refractivity contribution in [3.05, 3.63) is 123 Å². The smallest absolute Gasteiger partial charge is 0.336 e. The summed E-state index contributed by atoms with van der Waals surface area (Å²) in [7, 11) is 0. The van der Waals surface area contributed by atoms with E-state index >= 15 is 0 Å². The van der Waals surface area contributed by atoms with Crippen molar-refractivity contribution in [3.8, 4) is 11.1 Å². The molecular formula is C29H22ClN3O4. The number of carboxylic acid groups (broad SMARTS) is 1. The zero-order chi connectivity index (χ0) is 26.1. The summed E-state index contributed by atoms with van der Waals surface area (Å²) in [5.41, 5.74) is 4.28. The molecule has 3 aromatic carbocycles. The second-order valence-corrected chi connectivity index (χ2v) is 9.25. The van der Waals surface area contributed by atoms with Gasteiger partial charge in [-0.25, -0.2) is 9.78 Å². The third-order valence-electron chi connectivity index (χ3n) is 6.34. The predicted octanol–water partition coefficient (Wildman–Crippen LogP) is 5.79. The molecule has 5 aromatic rings. The first-order chi connectivity index (χ1) is 17.8. The highest BCUT2D eigenvalue weighted by molar-refractivity contribution is 6.31. The standard InChI is InChI=1S/C29H22ClN3O4/c1-17(34)19-7-11-25-26(14-19)32-28(31-25)24(13-18-5-3-2-4-6-18)27-12-8-20(16-33(27)37)23-15-21(30)9-10-22(23)29(35)36/h2-12,14-16,24H,13H2,1H3,(H,31,32)(H,35,36). The third-order valence-corrected chi connectivity index (χ3v) is 6.58. The van der Waals surface area contributed by atoms with Gasteiger partial charge in [-0.15, -0.1) is 0 Å². The van der Waals surface area contributed by atoms with Gasteiger partial charge >= 0.3 is 5.97 Å². The van der Waals surface area contributed by atoms with E-state index in [-0.39, 0.29) is 11.3 Å². The summed E-state index contributed by atoms with van der Waals surface area (Å²) in [6.45, 7) is 1.51. The highest BCUT2D eigenvalue weighted by Crippen LogP contribution is 2.30. The predicted molar refractivity (Wildman–Crippen MR) is 141 cm³/mol. The normalized spacial score (nSPS) is 11.9. The molecule has 184 valence electrons. The molecule has 2 N–H and O–H groups in total. The Morgan fingerprint density at radius 1 is 1.05 bits per heavy atom. The first kappa shape index (κ1) is 24.2. The number of hydrogen-bond acceptors (Lipinski definition) is 4. The molecule has 0 saturated heterocycles. The number of aromatic amines is 1. The SMILES string of the molecule is CC(=O)c1ccc2nc(C(Cc3ccccc3)c3ccc(-c4cc(Cl)ccc4C(=O)O)c[n+]3[O-])[nH]c2c1. The van der Waals surface area contributed by atoms with Gasteiger partial charge in [-0.2, -0.15) is 4.73 Å². The van der Waals surface area contributed by atoms with Crippen LogP contribution in [0, 0.1) is 5.21 Å². The van der Waals surface area contributed by atoms with E-state index in [0.29, 0.717) is 50.7 Å². The van der Waals surface area contributed by atoms with Crippen molar-refractivity contribution in [1.29, 1.82) is 0 Å². The van der Waals surface area contributed by atoms with Crippen LogP contribution in [-0.2, 0) is 6.42 Å². The van der Waals surface area contributed by atoms with Crippen molar-refractivity contribution in [2.45, 2.75) is 19.3 Å². The first-order valence-corrected chi connectivity index (χ1v) is 12.0. The molecule has 0 amide bonds. The number of H-pyrrole nitrogens is 1.